The first-order chi connectivity index (χ1) is 11.4. The number of pyridine rings is 1. The Kier molecular flexibility index (Phi) is 5.77. The molecule has 2 aromatic heterocycles. The van der Waals surface area contributed by atoms with Crippen molar-refractivity contribution in [3.63, 3.8) is 0 Å². The zero-order valence-corrected chi connectivity index (χ0v) is 14.4. The van der Waals surface area contributed by atoms with Gasteiger partial charge in [-0.1, -0.05) is 11.8 Å². The summed E-state index contributed by atoms with van der Waals surface area (Å²) < 4.78 is 5.24. The summed E-state index contributed by atoms with van der Waals surface area (Å²) in [6.45, 7) is 4.97. The molecule has 1 amide bonds. The van der Waals surface area contributed by atoms with Crippen molar-refractivity contribution < 1.29 is 14.0 Å². The van der Waals surface area contributed by atoms with Gasteiger partial charge >= 0.3 is 0 Å². The molecule has 2 rings (SSSR count). The van der Waals surface area contributed by atoms with Crippen LogP contribution in [0.25, 0.3) is 0 Å². The lowest BCUT2D eigenvalue weighted by Gasteiger charge is -2.12. The summed E-state index contributed by atoms with van der Waals surface area (Å²) >= 11 is 1.17. The number of nitrogens with zero attached hydrogens (tertiary/aromatic N) is 2. The van der Waals surface area contributed by atoms with Crippen LogP contribution in [0.2, 0.25) is 0 Å². The Hall–Kier alpha value is -2.59. The van der Waals surface area contributed by atoms with Gasteiger partial charge in [-0.05, 0) is 39.0 Å². The first-order valence-electron chi connectivity index (χ1n) is 7.30. The number of carbonyl (C=O) groups excluding carboxylic acids is 2. The zero-order chi connectivity index (χ0) is 17.7. The van der Waals surface area contributed by atoms with Gasteiger partial charge in [0, 0.05) is 11.3 Å². The minimum absolute atomic E-state index is 0.117. The third kappa shape index (κ3) is 4.24. The summed E-state index contributed by atoms with van der Waals surface area (Å²) in [6.07, 6.45) is 1.55. The van der Waals surface area contributed by atoms with E-state index in [9.17, 15) is 14.9 Å². The van der Waals surface area contributed by atoms with Crippen molar-refractivity contribution in [2.75, 3.05) is 5.75 Å². The Bertz CT molecular complexity index is 794. The maximum Gasteiger partial charge on any atom is 0.231 e. The molecule has 0 fully saturated rings. The van der Waals surface area contributed by atoms with E-state index in [0.717, 1.165) is 0 Å². The molecule has 0 aliphatic heterocycles. The van der Waals surface area contributed by atoms with Crippen LogP contribution in [0.1, 0.15) is 47.3 Å². The van der Waals surface area contributed by atoms with Crippen LogP contribution >= 0.6 is 11.8 Å². The van der Waals surface area contributed by atoms with Crippen LogP contribution in [0.4, 0.5) is 0 Å². The number of aromatic nitrogens is 1. The number of Topliss-reactive ketones (excluding diaryl/α,β-unsaturated/α-hetero) is 1. The fourth-order valence-corrected chi connectivity index (χ4v) is 2.97. The van der Waals surface area contributed by atoms with Gasteiger partial charge in [0.25, 0.3) is 0 Å². The van der Waals surface area contributed by atoms with Crippen LogP contribution in [0.3, 0.4) is 0 Å². The molecule has 1 atom stereocenters. The topological polar surface area (TPSA) is 96.0 Å². The van der Waals surface area contributed by atoms with Crippen molar-refractivity contribution in [2.24, 2.45) is 0 Å². The van der Waals surface area contributed by atoms with Crippen molar-refractivity contribution in [2.45, 2.75) is 31.8 Å². The van der Waals surface area contributed by atoms with E-state index in [1.807, 2.05) is 13.0 Å². The van der Waals surface area contributed by atoms with Gasteiger partial charge < -0.3 is 9.73 Å². The van der Waals surface area contributed by atoms with E-state index < -0.39 is 0 Å². The predicted molar refractivity (Wildman–Crippen MR) is 89.7 cm³/mol. The quantitative estimate of drug-likeness (QED) is 0.640. The SMILES string of the molecule is CC(=O)c1cc(C#N)c(SCC(=O)NC(C)c2ccco2)nc1C. The van der Waals surface area contributed by atoms with Crippen molar-refractivity contribution in [1.29, 1.82) is 5.26 Å². The number of aryl methyl sites for hydroxylation is 1. The average molecular weight is 343 g/mol. The third-order valence-electron chi connectivity index (χ3n) is 3.37. The minimum atomic E-state index is -0.238. The Labute approximate surface area is 144 Å². The van der Waals surface area contributed by atoms with Gasteiger partial charge in [-0.2, -0.15) is 5.26 Å². The third-order valence-corrected chi connectivity index (χ3v) is 4.36. The molecule has 0 aliphatic carbocycles. The van der Waals surface area contributed by atoms with Crippen molar-refractivity contribution in [3.05, 3.63) is 47.0 Å². The molecule has 124 valence electrons. The number of furan rings is 1. The highest BCUT2D eigenvalue weighted by Crippen LogP contribution is 2.23. The summed E-state index contributed by atoms with van der Waals surface area (Å²) in [6, 6.07) is 6.86. The summed E-state index contributed by atoms with van der Waals surface area (Å²) in [5, 5.41) is 12.5. The molecule has 2 heterocycles. The van der Waals surface area contributed by atoms with E-state index in [0.29, 0.717) is 27.6 Å². The molecule has 0 saturated carbocycles. The van der Waals surface area contributed by atoms with E-state index in [4.69, 9.17) is 4.42 Å². The van der Waals surface area contributed by atoms with Gasteiger partial charge in [0.1, 0.15) is 16.9 Å². The number of nitrogens with one attached hydrogen (secondary N) is 1. The largest absolute Gasteiger partial charge is 0.467 e. The molecule has 1 unspecified atom stereocenters. The lowest BCUT2D eigenvalue weighted by molar-refractivity contribution is -0.119. The lowest BCUT2D eigenvalue weighted by atomic mass is 10.1. The minimum Gasteiger partial charge on any atom is -0.467 e. The predicted octanol–water partition coefficient (Wildman–Crippen LogP) is 3.03. The fraction of sp³-hybridized carbons (Fsp3) is 0.294. The van der Waals surface area contributed by atoms with E-state index >= 15 is 0 Å². The van der Waals surface area contributed by atoms with Crippen LogP contribution in [0.5, 0.6) is 0 Å². The number of amides is 1. The Morgan fingerprint density at radius 1 is 1.50 bits per heavy atom. The zero-order valence-electron chi connectivity index (χ0n) is 13.6. The van der Waals surface area contributed by atoms with Crippen LogP contribution in [0.15, 0.2) is 33.9 Å². The van der Waals surface area contributed by atoms with E-state index in [1.54, 1.807) is 25.3 Å². The first-order valence-corrected chi connectivity index (χ1v) is 8.29. The van der Waals surface area contributed by atoms with Crippen molar-refractivity contribution in [3.8, 4) is 6.07 Å². The second-order valence-electron chi connectivity index (χ2n) is 5.24. The van der Waals surface area contributed by atoms with Crippen LogP contribution in [-0.2, 0) is 4.79 Å². The molecule has 24 heavy (non-hydrogen) atoms. The number of hydrogen-bond donors (Lipinski definition) is 1. The van der Waals surface area contributed by atoms with Gasteiger partial charge in [0.05, 0.1) is 23.6 Å². The van der Waals surface area contributed by atoms with Crippen LogP contribution in [-0.4, -0.2) is 22.4 Å². The smallest absolute Gasteiger partial charge is 0.231 e. The van der Waals surface area contributed by atoms with Gasteiger partial charge in [0.15, 0.2) is 5.78 Å². The van der Waals surface area contributed by atoms with E-state index in [2.05, 4.69) is 10.3 Å². The molecule has 2 aromatic rings. The number of hydrogen-bond acceptors (Lipinski definition) is 6. The lowest BCUT2D eigenvalue weighted by Crippen LogP contribution is -2.28. The maximum atomic E-state index is 12.0. The number of rotatable bonds is 6. The summed E-state index contributed by atoms with van der Waals surface area (Å²) in [5.74, 6) is 0.456. The van der Waals surface area contributed by atoms with Gasteiger partial charge in [-0.15, -0.1) is 0 Å². The Balaban J connectivity index is 2.03. The summed E-state index contributed by atoms with van der Waals surface area (Å²) in [7, 11) is 0. The highest BCUT2D eigenvalue weighted by atomic mass is 32.2. The molecular weight excluding hydrogens is 326 g/mol. The van der Waals surface area contributed by atoms with E-state index in [-0.39, 0.29) is 23.5 Å². The molecule has 0 radical (unpaired) electrons. The highest BCUT2D eigenvalue weighted by Gasteiger charge is 2.16. The number of nitriles is 1. The molecular formula is C17H17N3O3S. The van der Waals surface area contributed by atoms with Crippen molar-refractivity contribution in [1.82, 2.24) is 10.3 Å². The number of ketones is 1. The molecule has 0 aromatic carbocycles. The molecule has 0 spiro atoms. The first kappa shape index (κ1) is 17.8. The standard InChI is InChI=1S/C17H17N3O3S/c1-10-14(12(3)21)7-13(8-18)17(20-10)24-9-16(22)19-11(2)15-5-4-6-23-15/h4-7,11H,9H2,1-3H3,(H,19,22). The molecule has 6 nitrogen and oxygen atoms in total. The Morgan fingerprint density at radius 3 is 2.83 bits per heavy atom. The van der Waals surface area contributed by atoms with Gasteiger partial charge in [-0.25, -0.2) is 4.98 Å². The molecule has 7 heteroatoms. The molecule has 0 bridgehead atoms. The number of thioether (sulfide) groups is 1. The number of carbonyl (C=O) groups is 2. The molecule has 1 N–H and O–H groups in total. The Morgan fingerprint density at radius 2 is 2.25 bits per heavy atom. The van der Waals surface area contributed by atoms with Gasteiger partial charge in [0.2, 0.25) is 5.91 Å². The van der Waals surface area contributed by atoms with Crippen LogP contribution < -0.4 is 5.32 Å². The average Bonchev–Trinajstić information content (AvgIpc) is 3.07. The highest BCUT2D eigenvalue weighted by molar-refractivity contribution is 8.00. The van der Waals surface area contributed by atoms with Crippen molar-refractivity contribution >= 4 is 23.5 Å². The van der Waals surface area contributed by atoms with E-state index in [1.165, 1.54) is 24.8 Å². The van der Waals surface area contributed by atoms with Crippen LogP contribution in [0, 0.1) is 18.3 Å². The normalized spacial score (nSPS) is 11.6. The van der Waals surface area contributed by atoms with Gasteiger partial charge in [-0.3, -0.25) is 9.59 Å². The second-order valence-corrected chi connectivity index (χ2v) is 6.20. The summed E-state index contributed by atoms with van der Waals surface area (Å²) in [5.41, 5.74) is 1.27. The maximum absolute atomic E-state index is 12.0. The summed E-state index contributed by atoms with van der Waals surface area (Å²) in [4.78, 5) is 27.8. The second kappa shape index (κ2) is 7.79. The molecule has 0 aliphatic rings. The fourth-order valence-electron chi connectivity index (χ4n) is 2.16. The monoisotopic (exact) mass is 343 g/mol. The molecule has 0 saturated heterocycles.